The molecule has 1 fully saturated rings. The van der Waals surface area contributed by atoms with Crippen molar-refractivity contribution >= 4 is 21.6 Å². The molecule has 1 saturated heterocycles. The third-order valence-corrected chi connectivity index (χ3v) is 9.27. The second kappa shape index (κ2) is 10.7. The molecule has 0 bridgehead atoms. The summed E-state index contributed by atoms with van der Waals surface area (Å²) in [7, 11) is -4.58. The summed E-state index contributed by atoms with van der Waals surface area (Å²) in [5.74, 6) is -1.29. The first kappa shape index (κ1) is 31.0. The fourth-order valence-corrected chi connectivity index (χ4v) is 6.85. The van der Waals surface area contributed by atoms with Crippen LogP contribution in [0.4, 0.5) is 36.4 Å². The Morgan fingerprint density at radius 3 is 2.29 bits per heavy atom. The van der Waals surface area contributed by atoms with E-state index in [4.69, 9.17) is 4.74 Å². The summed E-state index contributed by atoms with van der Waals surface area (Å²) < 4.78 is 128. The first-order chi connectivity index (χ1) is 18.9. The molecule has 0 aromatic heterocycles. The predicted molar refractivity (Wildman–Crippen MR) is 132 cm³/mol. The first-order valence-electron chi connectivity index (χ1n) is 12.6. The van der Waals surface area contributed by atoms with E-state index in [0.29, 0.717) is 25.2 Å². The Labute approximate surface area is 231 Å². The van der Waals surface area contributed by atoms with Gasteiger partial charge in [0.15, 0.2) is 0 Å². The Balaban J connectivity index is 1.73. The summed E-state index contributed by atoms with van der Waals surface area (Å²) in [6, 6.07) is 4.14. The third kappa shape index (κ3) is 5.89. The van der Waals surface area contributed by atoms with Crippen LogP contribution in [0.15, 0.2) is 47.4 Å². The monoisotopic (exact) mass is 612 g/mol. The quantitative estimate of drug-likeness (QED) is 0.442. The summed E-state index contributed by atoms with van der Waals surface area (Å²) in [5.41, 5.74) is -7.82. The number of anilines is 1. The fraction of sp³-hybridized carbons (Fsp3) is 0.500. The van der Waals surface area contributed by atoms with Crippen molar-refractivity contribution in [2.24, 2.45) is 0 Å². The average molecular weight is 613 g/mol. The number of carbonyl (C=O) groups is 1. The van der Waals surface area contributed by atoms with Crippen molar-refractivity contribution < 1.29 is 53.8 Å². The number of sulfonamides is 1. The molecule has 2 heterocycles. The largest absolute Gasteiger partial charge is 0.430 e. The molecule has 2 aliphatic heterocycles. The van der Waals surface area contributed by atoms with Gasteiger partial charge in [0, 0.05) is 25.1 Å². The van der Waals surface area contributed by atoms with Gasteiger partial charge < -0.3 is 15.2 Å². The number of benzene rings is 2. The topological polar surface area (TPSA) is 95.9 Å². The van der Waals surface area contributed by atoms with Crippen molar-refractivity contribution in [3.05, 3.63) is 59.4 Å². The maximum atomic E-state index is 13.7. The van der Waals surface area contributed by atoms with Gasteiger partial charge >= 0.3 is 12.4 Å². The smallest absolute Gasteiger partial charge is 0.373 e. The van der Waals surface area contributed by atoms with Crippen LogP contribution in [-0.2, 0) is 31.6 Å². The maximum Gasteiger partial charge on any atom is 0.430 e. The molecule has 2 aromatic carbocycles. The minimum Gasteiger partial charge on any atom is -0.373 e. The van der Waals surface area contributed by atoms with Gasteiger partial charge in [-0.05, 0) is 68.5 Å². The number of fused-ring (bicyclic) bond motifs is 1. The molecule has 1 amide bonds. The normalized spacial score (nSPS) is 22.0. The van der Waals surface area contributed by atoms with Crippen LogP contribution in [0.2, 0.25) is 0 Å². The second-order valence-corrected chi connectivity index (χ2v) is 12.2. The van der Waals surface area contributed by atoms with E-state index in [0.717, 1.165) is 41.1 Å². The molecule has 2 aromatic rings. The molecule has 2 unspecified atom stereocenters. The minimum absolute atomic E-state index is 0.144. The van der Waals surface area contributed by atoms with Crippen LogP contribution in [0.25, 0.3) is 0 Å². The number of amides is 1. The molecule has 0 aliphatic carbocycles. The molecular formula is C26H27F7N2O5S. The van der Waals surface area contributed by atoms with Gasteiger partial charge in [0.2, 0.25) is 5.91 Å². The summed E-state index contributed by atoms with van der Waals surface area (Å²) >= 11 is 0. The van der Waals surface area contributed by atoms with Gasteiger partial charge in [0.1, 0.15) is 5.82 Å². The second-order valence-electron chi connectivity index (χ2n) is 10.4. The molecule has 226 valence electrons. The van der Waals surface area contributed by atoms with E-state index in [1.54, 1.807) is 0 Å². The number of hydrogen-bond acceptors (Lipinski definition) is 5. The van der Waals surface area contributed by atoms with Crippen LogP contribution in [0.1, 0.15) is 43.7 Å². The SMILES string of the molecule is CC1(CNC(=O)CC2CCc3cc(C(O)(C(F)(F)F)C(F)(F)F)ccc3N2S(=O)(=O)c2ccc(F)cc2)CCCO1. The highest BCUT2D eigenvalue weighted by Gasteiger charge is 2.71. The van der Waals surface area contributed by atoms with E-state index in [1.807, 2.05) is 6.92 Å². The average Bonchev–Trinajstić information content (AvgIpc) is 3.32. The van der Waals surface area contributed by atoms with Gasteiger partial charge in [0.05, 0.1) is 22.2 Å². The lowest BCUT2D eigenvalue weighted by Gasteiger charge is -2.39. The lowest BCUT2D eigenvalue weighted by Crippen LogP contribution is -2.54. The van der Waals surface area contributed by atoms with E-state index >= 15 is 0 Å². The van der Waals surface area contributed by atoms with Crippen molar-refractivity contribution in [1.29, 1.82) is 0 Å². The zero-order valence-corrected chi connectivity index (χ0v) is 22.5. The van der Waals surface area contributed by atoms with Crippen molar-refractivity contribution in [2.75, 3.05) is 17.5 Å². The Kier molecular flexibility index (Phi) is 8.12. The number of rotatable bonds is 7. The maximum absolute atomic E-state index is 13.7. The zero-order valence-electron chi connectivity index (χ0n) is 21.6. The number of aryl methyl sites for hydroxylation is 1. The molecule has 0 radical (unpaired) electrons. The Bertz CT molecular complexity index is 1370. The highest BCUT2D eigenvalue weighted by atomic mass is 32.2. The van der Waals surface area contributed by atoms with Crippen molar-refractivity contribution in [1.82, 2.24) is 5.32 Å². The summed E-state index contributed by atoms with van der Waals surface area (Å²) in [6.07, 6.45) is -11.5. The van der Waals surface area contributed by atoms with Crippen LogP contribution in [-0.4, -0.2) is 56.6 Å². The molecule has 2 atom stereocenters. The molecule has 0 saturated carbocycles. The zero-order chi connectivity index (χ0) is 30.4. The number of aliphatic hydroxyl groups is 1. The Morgan fingerprint density at radius 1 is 1.10 bits per heavy atom. The molecule has 0 spiro atoms. The molecule has 7 nitrogen and oxygen atoms in total. The minimum atomic E-state index is -6.13. The van der Waals surface area contributed by atoms with Gasteiger partial charge in [-0.1, -0.05) is 12.1 Å². The van der Waals surface area contributed by atoms with E-state index in [-0.39, 0.29) is 37.1 Å². The molecule has 4 rings (SSSR count). The molecular weight excluding hydrogens is 585 g/mol. The van der Waals surface area contributed by atoms with Crippen LogP contribution in [0, 0.1) is 5.82 Å². The molecule has 41 heavy (non-hydrogen) atoms. The highest BCUT2D eigenvalue weighted by Crippen LogP contribution is 2.51. The fourth-order valence-electron chi connectivity index (χ4n) is 5.13. The molecule has 2 aliphatic rings. The lowest BCUT2D eigenvalue weighted by molar-refractivity contribution is -0.376. The number of nitrogens with one attached hydrogen (secondary N) is 1. The van der Waals surface area contributed by atoms with Gasteiger partial charge in [0.25, 0.3) is 15.6 Å². The number of halogens is 7. The summed E-state index contributed by atoms with van der Waals surface area (Å²) in [4.78, 5) is 12.5. The predicted octanol–water partition coefficient (Wildman–Crippen LogP) is 4.72. The van der Waals surface area contributed by atoms with Crippen molar-refractivity contribution in [2.45, 2.75) is 73.5 Å². The lowest BCUT2D eigenvalue weighted by atomic mass is 9.87. The summed E-state index contributed by atoms with van der Waals surface area (Å²) in [5, 5.41) is 12.5. The van der Waals surface area contributed by atoms with Crippen molar-refractivity contribution in [3.8, 4) is 0 Å². The van der Waals surface area contributed by atoms with Crippen LogP contribution >= 0.6 is 0 Å². The molecule has 2 N–H and O–H groups in total. The number of hydrogen-bond donors (Lipinski definition) is 2. The number of ether oxygens (including phenoxy) is 1. The van der Waals surface area contributed by atoms with Crippen LogP contribution in [0.3, 0.4) is 0 Å². The molecule has 15 heteroatoms. The van der Waals surface area contributed by atoms with Crippen LogP contribution < -0.4 is 9.62 Å². The van der Waals surface area contributed by atoms with E-state index < -0.39 is 61.8 Å². The van der Waals surface area contributed by atoms with E-state index in [2.05, 4.69) is 5.32 Å². The number of alkyl halides is 6. The standard InChI is InChI=1S/C26H27F7N2O5S/c1-23(11-2-12-40-23)15-34-22(36)14-19-7-3-16-13-17(24(37,25(28,29)30)26(31,32)33)4-10-21(16)35(19)41(38,39)20-8-5-18(27)6-9-20/h4-6,8-10,13,19,37H,2-3,7,11-12,14-15H2,1H3,(H,34,36). The van der Waals surface area contributed by atoms with Gasteiger partial charge in [-0.3, -0.25) is 9.10 Å². The van der Waals surface area contributed by atoms with Crippen LogP contribution in [0.5, 0.6) is 0 Å². The summed E-state index contributed by atoms with van der Waals surface area (Å²) in [6.45, 7) is 2.48. The van der Waals surface area contributed by atoms with E-state index in [9.17, 15) is 49.1 Å². The van der Waals surface area contributed by atoms with Gasteiger partial charge in [-0.15, -0.1) is 0 Å². The number of carbonyl (C=O) groups excluding carboxylic acids is 1. The van der Waals surface area contributed by atoms with Crippen molar-refractivity contribution in [3.63, 3.8) is 0 Å². The highest BCUT2D eigenvalue weighted by molar-refractivity contribution is 7.92. The van der Waals surface area contributed by atoms with E-state index in [1.165, 1.54) is 0 Å². The number of nitrogens with zero attached hydrogens (tertiary/aromatic N) is 1. The first-order valence-corrected chi connectivity index (χ1v) is 14.0. The Hall–Kier alpha value is -2.91. The van der Waals surface area contributed by atoms with Gasteiger partial charge in [-0.2, -0.15) is 26.3 Å². The van der Waals surface area contributed by atoms with Gasteiger partial charge in [-0.25, -0.2) is 12.8 Å². The Morgan fingerprint density at radius 2 is 1.73 bits per heavy atom. The third-order valence-electron chi connectivity index (χ3n) is 7.39.